The fraction of sp³-hybridized carbons (Fsp3) is 0.778. The molecule has 0 N–H and O–H groups in total. The smallest absolute Gasteiger partial charge is 0.192 e. The van der Waals surface area contributed by atoms with Gasteiger partial charge in [-0.2, -0.15) is 0 Å². The van der Waals surface area contributed by atoms with Crippen molar-refractivity contribution in [2.75, 3.05) is 6.61 Å². The first kappa shape index (κ1) is 13.9. The highest BCUT2D eigenvalue weighted by Crippen LogP contribution is 2.36. The van der Waals surface area contributed by atoms with Crippen molar-refractivity contribution in [3.8, 4) is 0 Å². The van der Waals surface area contributed by atoms with E-state index in [0.29, 0.717) is 11.6 Å². The molecule has 0 bridgehead atoms. The average Bonchev–Trinajstić information content (AvgIpc) is 1.82. The molecule has 0 unspecified atom stereocenters. The summed E-state index contributed by atoms with van der Waals surface area (Å²) >= 11 is 6.61. The van der Waals surface area contributed by atoms with Crippen LogP contribution in [0.2, 0.25) is 18.1 Å². The molecule has 0 aromatic carbocycles. The van der Waals surface area contributed by atoms with Crippen LogP contribution in [0.3, 0.4) is 0 Å². The molecule has 0 aliphatic heterocycles. The minimum atomic E-state index is -1.56. The molecule has 0 fully saturated rings. The zero-order valence-corrected chi connectivity index (χ0v) is 13.1. The summed E-state index contributed by atoms with van der Waals surface area (Å²) in [6, 6.07) is 0. The van der Waals surface area contributed by atoms with Gasteiger partial charge in [-0.3, -0.25) is 0 Å². The van der Waals surface area contributed by atoms with Crippen LogP contribution in [0, 0.1) is 0 Å². The maximum atomic E-state index is 5.91. The van der Waals surface area contributed by atoms with E-state index in [-0.39, 0.29) is 0 Å². The molecule has 0 saturated carbocycles. The lowest BCUT2D eigenvalue weighted by molar-refractivity contribution is 0.328. The van der Waals surface area contributed by atoms with E-state index in [1.807, 2.05) is 6.08 Å². The molecule has 0 aliphatic rings. The van der Waals surface area contributed by atoms with Crippen molar-refractivity contribution >= 4 is 40.2 Å². The van der Waals surface area contributed by atoms with Gasteiger partial charge in [0, 0.05) is 0 Å². The van der Waals surface area contributed by atoms with Gasteiger partial charge in [0.25, 0.3) is 0 Å². The van der Waals surface area contributed by atoms with Gasteiger partial charge in [0.05, 0.1) is 10.00 Å². The van der Waals surface area contributed by atoms with E-state index in [1.54, 1.807) is 0 Å². The quantitative estimate of drug-likeness (QED) is 0.685. The molecule has 0 aromatic heterocycles. The van der Waals surface area contributed by atoms with Crippen molar-refractivity contribution in [2.24, 2.45) is 0 Å². The lowest BCUT2D eigenvalue weighted by atomic mass is 10.2. The zero-order valence-electron chi connectivity index (χ0n) is 8.95. The second-order valence-electron chi connectivity index (χ2n) is 4.57. The lowest BCUT2D eigenvalue weighted by Crippen LogP contribution is -2.40. The summed E-state index contributed by atoms with van der Waals surface area (Å²) in [4.78, 5) is 0. The second-order valence-corrected chi connectivity index (χ2v) is 12.1. The van der Waals surface area contributed by atoms with Crippen molar-refractivity contribution in [2.45, 2.75) is 38.9 Å². The summed E-state index contributed by atoms with van der Waals surface area (Å²) in [6.45, 7) is 11.9. The number of halogens is 2. The average molecular weight is 330 g/mol. The van der Waals surface area contributed by atoms with E-state index in [1.165, 1.54) is 0 Å². The van der Waals surface area contributed by atoms with Gasteiger partial charge < -0.3 is 4.43 Å². The Balaban J connectivity index is 4.12. The van der Waals surface area contributed by atoms with Crippen LogP contribution in [0.15, 0.2) is 9.47 Å². The standard InChI is InChI=1S/C9H18Br2OSi/c1-9(2,3)13(4,5)12-7-6-8(10)11/h6H,7H2,1-5H3. The molecule has 0 aliphatic carbocycles. The Labute approximate surface area is 99.3 Å². The van der Waals surface area contributed by atoms with E-state index in [2.05, 4.69) is 65.7 Å². The van der Waals surface area contributed by atoms with Crippen molar-refractivity contribution in [3.05, 3.63) is 9.47 Å². The van der Waals surface area contributed by atoms with Crippen LogP contribution in [0.4, 0.5) is 0 Å². The minimum Gasteiger partial charge on any atom is -0.413 e. The first-order valence-electron chi connectivity index (χ1n) is 4.32. The topological polar surface area (TPSA) is 9.23 Å². The molecule has 0 rings (SSSR count). The molecule has 78 valence electrons. The van der Waals surface area contributed by atoms with Crippen molar-refractivity contribution in [1.82, 2.24) is 0 Å². The third kappa shape index (κ3) is 5.35. The van der Waals surface area contributed by atoms with Gasteiger partial charge >= 0.3 is 0 Å². The maximum absolute atomic E-state index is 5.91. The molecule has 0 spiro atoms. The van der Waals surface area contributed by atoms with Gasteiger partial charge in [-0.05, 0) is 56.1 Å². The minimum absolute atomic E-state index is 0.291. The molecule has 0 atom stereocenters. The van der Waals surface area contributed by atoms with Gasteiger partial charge in [-0.15, -0.1) is 0 Å². The Kier molecular flexibility index (Phi) is 5.44. The molecule has 0 aromatic rings. The Morgan fingerprint density at radius 2 is 1.77 bits per heavy atom. The molecular weight excluding hydrogens is 312 g/mol. The molecule has 4 heteroatoms. The van der Waals surface area contributed by atoms with Crippen LogP contribution in [0.25, 0.3) is 0 Å². The Morgan fingerprint density at radius 1 is 1.31 bits per heavy atom. The molecular formula is C9H18Br2OSi. The van der Waals surface area contributed by atoms with E-state index in [0.717, 1.165) is 3.39 Å². The largest absolute Gasteiger partial charge is 0.413 e. The fourth-order valence-electron chi connectivity index (χ4n) is 0.530. The van der Waals surface area contributed by atoms with Gasteiger partial charge in [0.2, 0.25) is 0 Å². The van der Waals surface area contributed by atoms with Gasteiger partial charge in [0.15, 0.2) is 8.32 Å². The first-order chi connectivity index (χ1) is 5.67. The maximum Gasteiger partial charge on any atom is 0.192 e. The molecule has 0 radical (unpaired) electrons. The van der Waals surface area contributed by atoms with Crippen LogP contribution >= 0.6 is 31.9 Å². The predicted octanol–water partition coefficient (Wildman–Crippen LogP) is 4.64. The zero-order chi connectivity index (χ0) is 10.7. The summed E-state index contributed by atoms with van der Waals surface area (Å²) in [5.41, 5.74) is 0. The Morgan fingerprint density at radius 3 is 2.08 bits per heavy atom. The van der Waals surface area contributed by atoms with Crippen LogP contribution in [-0.4, -0.2) is 14.9 Å². The van der Waals surface area contributed by atoms with Gasteiger partial charge in [0.1, 0.15) is 0 Å². The van der Waals surface area contributed by atoms with Crippen molar-refractivity contribution in [1.29, 1.82) is 0 Å². The van der Waals surface area contributed by atoms with Crippen molar-refractivity contribution in [3.63, 3.8) is 0 Å². The summed E-state index contributed by atoms with van der Waals surface area (Å²) in [5, 5.41) is 0.291. The van der Waals surface area contributed by atoms with Gasteiger partial charge in [-0.25, -0.2) is 0 Å². The van der Waals surface area contributed by atoms with E-state index in [4.69, 9.17) is 4.43 Å². The van der Waals surface area contributed by atoms with Crippen LogP contribution in [-0.2, 0) is 4.43 Å². The highest BCUT2D eigenvalue weighted by molar-refractivity contribution is 9.28. The van der Waals surface area contributed by atoms with Crippen LogP contribution < -0.4 is 0 Å². The number of hydrogen-bond acceptors (Lipinski definition) is 1. The van der Waals surface area contributed by atoms with Crippen molar-refractivity contribution < 1.29 is 4.43 Å². The normalized spacial score (nSPS) is 12.8. The predicted molar refractivity (Wildman–Crippen MR) is 69.1 cm³/mol. The second kappa shape index (κ2) is 5.10. The molecule has 0 amide bonds. The third-order valence-corrected chi connectivity index (χ3v) is 7.64. The Hall–Kier alpha value is 0.877. The lowest BCUT2D eigenvalue weighted by Gasteiger charge is -2.35. The van der Waals surface area contributed by atoms with Crippen LogP contribution in [0.5, 0.6) is 0 Å². The third-order valence-electron chi connectivity index (χ3n) is 2.49. The van der Waals surface area contributed by atoms with E-state index in [9.17, 15) is 0 Å². The first-order valence-corrected chi connectivity index (χ1v) is 8.81. The molecule has 1 nitrogen and oxygen atoms in total. The number of hydrogen-bond donors (Lipinski definition) is 0. The summed E-state index contributed by atoms with van der Waals surface area (Å²) in [7, 11) is -1.56. The molecule has 0 heterocycles. The highest BCUT2D eigenvalue weighted by atomic mass is 79.9. The van der Waals surface area contributed by atoms with E-state index < -0.39 is 8.32 Å². The van der Waals surface area contributed by atoms with Crippen LogP contribution in [0.1, 0.15) is 20.8 Å². The summed E-state index contributed by atoms with van der Waals surface area (Å²) < 4.78 is 6.86. The number of rotatable bonds is 3. The highest BCUT2D eigenvalue weighted by Gasteiger charge is 2.36. The monoisotopic (exact) mass is 328 g/mol. The Bertz CT molecular complexity index is 190. The summed E-state index contributed by atoms with van der Waals surface area (Å²) in [6.07, 6.45) is 1.99. The SMILES string of the molecule is CC(C)(C)[Si](C)(C)OCC=C(Br)Br. The molecule has 13 heavy (non-hydrogen) atoms. The fourth-order valence-corrected chi connectivity index (χ4v) is 1.73. The molecule has 0 saturated heterocycles. The van der Waals surface area contributed by atoms with E-state index >= 15 is 0 Å². The van der Waals surface area contributed by atoms with Gasteiger partial charge in [-0.1, -0.05) is 20.8 Å². The summed E-state index contributed by atoms with van der Waals surface area (Å²) in [5.74, 6) is 0.